The monoisotopic (exact) mass is 321 g/mol. The molecule has 2 rings (SSSR count). The Morgan fingerprint density at radius 2 is 2.26 bits per heavy atom. The lowest BCUT2D eigenvalue weighted by Gasteiger charge is -2.08. The van der Waals surface area contributed by atoms with Gasteiger partial charge in [-0.1, -0.05) is 13.3 Å². The third-order valence-electron chi connectivity index (χ3n) is 3.32. The highest BCUT2D eigenvalue weighted by Crippen LogP contribution is 2.21. The van der Waals surface area contributed by atoms with E-state index in [2.05, 4.69) is 22.5 Å². The van der Waals surface area contributed by atoms with Crippen molar-refractivity contribution in [2.24, 2.45) is 0 Å². The molecule has 1 heterocycles. The molecule has 0 fully saturated rings. The number of unbranched alkanes of at least 4 members (excludes halogenated alkanes) is 1. The highest BCUT2D eigenvalue weighted by atomic mass is 19.1. The lowest BCUT2D eigenvalue weighted by molar-refractivity contribution is 0.195. The lowest BCUT2D eigenvalue weighted by atomic mass is 10.2. The van der Waals surface area contributed by atoms with E-state index < -0.39 is 6.09 Å². The van der Waals surface area contributed by atoms with E-state index in [1.54, 1.807) is 6.07 Å². The maximum Gasteiger partial charge on any atom is 0.404 e. The maximum atomic E-state index is 12.7. The van der Waals surface area contributed by atoms with E-state index in [-0.39, 0.29) is 13.1 Å². The zero-order chi connectivity index (χ0) is 16.7. The number of aryl methyl sites for hydroxylation is 1. The number of oxazole rings is 1. The van der Waals surface area contributed by atoms with Gasteiger partial charge in [-0.2, -0.15) is 0 Å². The summed E-state index contributed by atoms with van der Waals surface area (Å²) >= 11 is 0. The average molecular weight is 321 g/mol. The molecule has 1 aromatic carbocycles. The van der Waals surface area contributed by atoms with Gasteiger partial charge < -0.3 is 20.2 Å². The summed E-state index contributed by atoms with van der Waals surface area (Å²) in [5.74, 6) is 0.717. The second-order valence-electron chi connectivity index (χ2n) is 5.17. The Morgan fingerprint density at radius 1 is 1.43 bits per heavy atom. The molecule has 2 aromatic rings. The average Bonchev–Trinajstić information content (AvgIpc) is 2.94. The predicted molar refractivity (Wildman–Crippen MR) is 86.3 cm³/mol. The van der Waals surface area contributed by atoms with E-state index >= 15 is 0 Å². The van der Waals surface area contributed by atoms with Gasteiger partial charge in [0.2, 0.25) is 0 Å². The summed E-state index contributed by atoms with van der Waals surface area (Å²) in [6, 6.07) is 5.47. The van der Waals surface area contributed by atoms with Crippen LogP contribution >= 0.6 is 0 Å². The molecule has 0 aliphatic rings. The third kappa shape index (κ3) is 4.98. The van der Waals surface area contributed by atoms with Crippen LogP contribution in [0.1, 0.15) is 25.7 Å². The van der Waals surface area contributed by atoms with Crippen molar-refractivity contribution in [2.75, 3.05) is 18.4 Å². The summed E-state index contributed by atoms with van der Waals surface area (Å²) in [5.41, 5.74) is 2.52. The van der Waals surface area contributed by atoms with Crippen LogP contribution in [0.15, 0.2) is 34.5 Å². The Hall–Kier alpha value is -2.57. The smallest absolute Gasteiger partial charge is 0.404 e. The van der Waals surface area contributed by atoms with Crippen LogP contribution in [0, 0.1) is 0 Å². The normalized spacial score (nSPS) is 11.7. The van der Waals surface area contributed by atoms with Crippen LogP contribution in [0.4, 0.5) is 14.9 Å². The van der Waals surface area contributed by atoms with Gasteiger partial charge in [-0.3, -0.25) is 0 Å². The Labute approximate surface area is 133 Å². The molecule has 3 N–H and O–H groups in total. The fourth-order valence-corrected chi connectivity index (χ4v) is 2.06. The van der Waals surface area contributed by atoms with Gasteiger partial charge in [0, 0.05) is 31.3 Å². The van der Waals surface area contributed by atoms with Crippen molar-refractivity contribution in [3.8, 4) is 0 Å². The topological polar surface area (TPSA) is 87.4 Å². The van der Waals surface area contributed by atoms with Crippen LogP contribution in [0.3, 0.4) is 0 Å². The molecule has 0 unspecified atom stereocenters. The Kier molecular flexibility index (Phi) is 5.96. The highest BCUT2D eigenvalue weighted by molar-refractivity contribution is 5.77. The molecule has 7 heteroatoms. The first-order chi connectivity index (χ1) is 11.1. The number of amides is 1. The van der Waals surface area contributed by atoms with Crippen molar-refractivity contribution >= 4 is 22.9 Å². The minimum Gasteiger partial charge on any atom is -0.465 e. The number of carboxylic acid groups (broad SMARTS) is 1. The van der Waals surface area contributed by atoms with Gasteiger partial charge in [-0.15, -0.1) is 0 Å². The summed E-state index contributed by atoms with van der Waals surface area (Å²) in [6.07, 6.45) is 2.13. The highest BCUT2D eigenvalue weighted by Gasteiger charge is 2.07. The summed E-state index contributed by atoms with van der Waals surface area (Å²) in [4.78, 5) is 14.8. The number of fused-ring (bicyclic) bond motifs is 1. The maximum absolute atomic E-state index is 12.7. The van der Waals surface area contributed by atoms with Crippen LogP contribution < -0.4 is 10.6 Å². The van der Waals surface area contributed by atoms with Crippen molar-refractivity contribution in [3.63, 3.8) is 0 Å². The van der Waals surface area contributed by atoms with Crippen molar-refractivity contribution in [1.82, 2.24) is 10.3 Å². The van der Waals surface area contributed by atoms with Crippen LogP contribution in [-0.2, 0) is 6.42 Å². The van der Waals surface area contributed by atoms with Gasteiger partial charge in [-0.25, -0.2) is 14.2 Å². The fourth-order valence-electron chi connectivity index (χ4n) is 2.06. The number of nitrogens with zero attached hydrogens (tertiary/aromatic N) is 1. The number of hydrogen-bond donors (Lipinski definition) is 3. The minimum absolute atomic E-state index is 0.0649. The molecule has 0 spiro atoms. The van der Waals surface area contributed by atoms with Crippen molar-refractivity contribution in [2.45, 2.75) is 26.2 Å². The van der Waals surface area contributed by atoms with E-state index in [9.17, 15) is 9.18 Å². The van der Waals surface area contributed by atoms with E-state index in [0.717, 1.165) is 30.5 Å². The number of nitrogens with one attached hydrogen (secondary N) is 2. The van der Waals surface area contributed by atoms with E-state index in [1.807, 2.05) is 12.1 Å². The number of carbonyl (C=O) groups is 1. The SMILES string of the molecule is CCCCc1nc2ccc(NCC(=CF)CNC(=O)O)cc2o1. The Morgan fingerprint density at radius 3 is 2.96 bits per heavy atom. The standard InChI is InChI=1S/C16H20FN3O3/c1-2-3-4-15-20-13-6-5-12(7-14(13)23-15)18-9-11(8-17)10-19-16(21)22/h5-8,18-19H,2-4,9-10H2,1H3,(H,21,22). The van der Waals surface area contributed by atoms with E-state index in [1.165, 1.54) is 0 Å². The number of hydrogen-bond acceptors (Lipinski definition) is 4. The summed E-state index contributed by atoms with van der Waals surface area (Å²) in [5, 5.41) is 13.7. The molecule has 0 saturated carbocycles. The number of halogens is 1. The van der Waals surface area contributed by atoms with Gasteiger partial charge in [-0.05, 0) is 24.1 Å². The van der Waals surface area contributed by atoms with Crippen LogP contribution in [-0.4, -0.2) is 29.3 Å². The molecule has 0 atom stereocenters. The van der Waals surface area contributed by atoms with Crippen molar-refractivity contribution in [1.29, 1.82) is 0 Å². The first kappa shape index (κ1) is 16.8. The van der Waals surface area contributed by atoms with Gasteiger partial charge in [0.05, 0.1) is 6.33 Å². The lowest BCUT2D eigenvalue weighted by Crippen LogP contribution is -2.25. The number of rotatable bonds is 8. The molecule has 0 saturated heterocycles. The molecule has 23 heavy (non-hydrogen) atoms. The van der Waals surface area contributed by atoms with Gasteiger partial charge in [0.25, 0.3) is 0 Å². The molecular formula is C16H20FN3O3. The second kappa shape index (κ2) is 8.17. The van der Waals surface area contributed by atoms with Gasteiger partial charge >= 0.3 is 6.09 Å². The van der Waals surface area contributed by atoms with Gasteiger partial charge in [0.15, 0.2) is 11.5 Å². The quantitative estimate of drug-likeness (QED) is 0.690. The van der Waals surface area contributed by atoms with E-state index in [0.29, 0.717) is 23.4 Å². The molecule has 0 aliphatic carbocycles. The minimum atomic E-state index is -1.19. The largest absolute Gasteiger partial charge is 0.465 e. The van der Waals surface area contributed by atoms with Crippen LogP contribution in [0.2, 0.25) is 0 Å². The number of anilines is 1. The third-order valence-corrected chi connectivity index (χ3v) is 3.32. The van der Waals surface area contributed by atoms with E-state index in [4.69, 9.17) is 9.52 Å². The van der Waals surface area contributed by atoms with Crippen LogP contribution in [0.5, 0.6) is 0 Å². The number of benzene rings is 1. The zero-order valence-corrected chi connectivity index (χ0v) is 12.9. The second-order valence-corrected chi connectivity index (χ2v) is 5.17. The molecule has 6 nitrogen and oxygen atoms in total. The van der Waals surface area contributed by atoms with Gasteiger partial charge in [0.1, 0.15) is 5.52 Å². The number of aromatic nitrogens is 1. The first-order valence-corrected chi connectivity index (χ1v) is 7.50. The van der Waals surface area contributed by atoms with Crippen molar-refractivity contribution in [3.05, 3.63) is 36.0 Å². The molecule has 0 radical (unpaired) electrons. The molecule has 1 amide bonds. The molecular weight excluding hydrogens is 301 g/mol. The molecule has 1 aromatic heterocycles. The summed E-state index contributed by atoms with van der Waals surface area (Å²) < 4.78 is 18.4. The first-order valence-electron chi connectivity index (χ1n) is 7.50. The Balaban J connectivity index is 1.98. The Bertz CT molecular complexity index is 697. The molecule has 0 bridgehead atoms. The zero-order valence-electron chi connectivity index (χ0n) is 12.9. The predicted octanol–water partition coefficient (Wildman–Crippen LogP) is 3.70. The molecule has 0 aliphatic heterocycles. The summed E-state index contributed by atoms with van der Waals surface area (Å²) in [6.45, 7) is 2.24. The van der Waals surface area contributed by atoms with Crippen molar-refractivity contribution < 1.29 is 18.7 Å². The fraction of sp³-hybridized carbons (Fsp3) is 0.375. The summed E-state index contributed by atoms with van der Waals surface area (Å²) in [7, 11) is 0. The molecule has 124 valence electrons. The van der Waals surface area contributed by atoms with Crippen LogP contribution in [0.25, 0.3) is 11.1 Å².